The number of benzene rings is 2. The van der Waals surface area contributed by atoms with E-state index in [0.29, 0.717) is 13.2 Å². The molecule has 4 rings (SSSR count). The van der Waals surface area contributed by atoms with Crippen LogP contribution in [-0.2, 0) is 16.1 Å². The van der Waals surface area contributed by atoms with Gasteiger partial charge in [-0.15, -0.1) is 0 Å². The summed E-state index contributed by atoms with van der Waals surface area (Å²) in [5, 5.41) is 9.89. The molecule has 7 nitrogen and oxygen atoms in total. The maximum Gasteiger partial charge on any atom is 0.253 e. The molecule has 1 amide bonds. The molecule has 1 fully saturated rings. The summed E-state index contributed by atoms with van der Waals surface area (Å²) in [6.45, 7) is 5.44. The van der Waals surface area contributed by atoms with Crippen molar-refractivity contribution in [1.82, 2.24) is 10.6 Å². The van der Waals surface area contributed by atoms with Crippen LogP contribution in [0.3, 0.4) is 0 Å². The van der Waals surface area contributed by atoms with Crippen LogP contribution in [0.1, 0.15) is 50.3 Å². The van der Waals surface area contributed by atoms with E-state index >= 15 is 0 Å². The molecule has 0 aromatic heterocycles. The van der Waals surface area contributed by atoms with E-state index in [2.05, 4.69) is 40.9 Å². The zero-order valence-corrected chi connectivity index (χ0v) is 19.0. The van der Waals surface area contributed by atoms with Crippen molar-refractivity contribution in [3.63, 3.8) is 0 Å². The lowest BCUT2D eigenvalue weighted by atomic mass is 9.90. The fourth-order valence-electron chi connectivity index (χ4n) is 4.24. The molecule has 2 atom stereocenters. The summed E-state index contributed by atoms with van der Waals surface area (Å²) in [5.74, 6) is 1.55. The van der Waals surface area contributed by atoms with Gasteiger partial charge in [-0.3, -0.25) is 9.79 Å². The Balaban J connectivity index is 1.37. The first-order valence-electron chi connectivity index (χ1n) is 11.2. The van der Waals surface area contributed by atoms with Gasteiger partial charge in [0.15, 0.2) is 5.96 Å². The molecule has 3 N–H and O–H groups in total. The number of hydrogen-bond acceptors (Lipinski definition) is 4. The van der Waals surface area contributed by atoms with Crippen LogP contribution in [0.25, 0.3) is 0 Å². The summed E-state index contributed by atoms with van der Waals surface area (Å²) in [6, 6.07) is 16.1. The molecule has 0 radical (unpaired) electrons. The van der Waals surface area contributed by atoms with Crippen molar-refractivity contribution in [1.29, 1.82) is 0 Å². The molecule has 0 bridgehead atoms. The highest BCUT2D eigenvalue weighted by molar-refractivity contribution is 5.94. The van der Waals surface area contributed by atoms with Crippen molar-refractivity contribution in [3.05, 3.63) is 59.7 Å². The molecule has 7 heteroatoms. The van der Waals surface area contributed by atoms with E-state index in [1.165, 1.54) is 0 Å². The van der Waals surface area contributed by atoms with E-state index < -0.39 is 0 Å². The Labute approximate surface area is 189 Å². The predicted octanol–water partition coefficient (Wildman–Crippen LogP) is 3.77. The number of nitrogens with zero attached hydrogens (tertiary/aromatic N) is 1. The molecule has 0 aliphatic carbocycles. The molecule has 1 saturated heterocycles. The number of carbonyl (C=O) groups is 1. The van der Waals surface area contributed by atoms with Crippen LogP contribution in [0, 0.1) is 0 Å². The van der Waals surface area contributed by atoms with Gasteiger partial charge in [0.2, 0.25) is 0 Å². The topological polar surface area (TPSA) is 84.0 Å². The van der Waals surface area contributed by atoms with Crippen LogP contribution in [0.4, 0.5) is 5.69 Å². The van der Waals surface area contributed by atoms with Gasteiger partial charge in [0.1, 0.15) is 17.5 Å². The zero-order valence-electron chi connectivity index (χ0n) is 19.0. The van der Waals surface area contributed by atoms with Gasteiger partial charge in [0, 0.05) is 37.9 Å². The maximum atomic E-state index is 12.3. The number of carbonyl (C=O) groups excluding carboxylic acids is 1. The van der Waals surface area contributed by atoms with Crippen LogP contribution in [0.5, 0.6) is 5.75 Å². The summed E-state index contributed by atoms with van der Waals surface area (Å²) in [7, 11) is 1.77. The second kappa shape index (κ2) is 9.61. The van der Waals surface area contributed by atoms with Crippen molar-refractivity contribution in [2.45, 2.75) is 57.4 Å². The molecule has 0 spiro atoms. The zero-order chi connectivity index (χ0) is 22.6. The van der Waals surface area contributed by atoms with Crippen molar-refractivity contribution < 1.29 is 14.3 Å². The second-order valence-corrected chi connectivity index (χ2v) is 8.92. The number of nitrogens with one attached hydrogen (secondary N) is 3. The Morgan fingerprint density at radius 1 is 1.19 bits per heavy atom. The predicted molar refractivity (Wildman–Crippen MR) is 126 cm³/mol. The molecule has 2 heterocycles. The fraction of sp³-hybridized carbons (Fsp3) is 0.440. The summed E-state index contributed by atoms with van der Waals surface area (Å²) in [4.78, 5) is 16.7. The molecule has 2 aliphatic heterocycles. The number of anilines is 1. The van der Waals surface area contributed by atoms with E-state index in [9.17, 15) is 4.79 Å². The number of rotatable bonds is 5. The Hall–Kier alpha value is -3.06. The summed E-state index contributed by atoms with van der Waals surface area (Å²) in [6.07, 6.45) is 2.20. The van der Waals surface area contributed by atoms with Gasteiger partial charge >= 0.3 is 0 Å². The Bertz CT molecular complexity index is 983. The number of hydrogen-bond donors (Lipinski definition) is 3. The quantitative estimate of drug-likeness (QED) is 0.491. The molecule has 32 heavy (non-hydrogen) atoms. The van der Waals surface area contributed by atoms with E-state index in [0.717, 1.165) is 47.8 Å². The Kier molecular flexibility index (Phi) is 6.65. The molecule has 2 aliphatic rings. The molecule has 2 unspecified atom stereocenters. The second-order valence-electron chi connectivity index (χ2n) is 8.92. The van der Waals surface area contributed by atoms with Gasteiger partial charge in [-0.1, -0.05) is 30.3 Å². The number of guanidine groups is 1. The normalized spacial score (nSPS) is 21.9. The highest BCUT2D eigenvalue weighted by atomic mass is 16.5. The first kappa shape index (κ1) is 22.1. The van der Waals surface area contributed by atoms with E-state index in [-0.39, 0.29) is 23.7 Å². The molecular formula is C25H32N4O3. The lowest BCUT2D eigenvalue weighted by molar-refractivity contribution is -0.124. The van der Waals surface area contributed by atoms with Crippen molar-refractivity contribution in [2.24, 2.45) is 4.99 Å². The Morgan fingerprint density at radius 2 is 2.03 bits per heavy atom. The highest BCUT2D eigenvalue weighted by Gasteiger charge is 2.34. The Morgan fingerprint density at radius 3 is 2.81 bits per heavy atom. The average Bonchev–Trinajstić information content (AvgIpc) is 3.31. The van der Waals surface area contributed by atoms with Gasteiger partial charge in [0.25, 0.3) is 5.91 Å². The van der Waals surface area contributed by atoms with Crippen LogP contribution in [-0.4, -0.2) is 37.2 Å². The molecule has 2 aromatic carbocycles. The minimum absolute atomic E-state index is 0.0779. The van der Waals surface area contributed by atoms with Crippen LogP contribution >= 0.6 is 0 Å². The number of para-hydroxylation sites is 1. The van der Waals surface area contributed by atoms with Gasteiger partial charge in [-0.05, 0) is 50.5 Å². The summed E-state index contributed by atoms with van der Waals surface area (Å²) in [5.41, 5.74) is 2.69. The highest BCUT2D eigenvalue weighted by Crippen LogP contribution is 2.39. The lowest BCUT2D eigenvalue weighted by Gasteiger charge is -2.38. The van der Waals surface area contributed by atoms with Crippen LogP contribution < -0.4 is 20.7 Å². The molecule has 2 aromatic rings. The lowest BCUT2D eigenvalue weighted by Crippen LogP contribution is -2.45. The van der Waals surface area contributed by atoms with Crippen molar-refractivity contribution in [3.8, 4) is 5.75 Å². The maximum absolute atomic E-state index is 12.3. The number of aliphatic imine (C=N–C) groups is 1. The molecule has 170 valence electrons. The standard InChI is InChI=1S/C25H32N4O3/c1-25(2)15-20(19-10-4-5-11-21(19)32-25)29-24(26-3)27-16-17-8-6-9-18(14-17)28-23(30)22-12-7-13-31-22/h4-6,8-11,14,20,22H,7,12-13,15-16H2,1-3H3,(H,28,30)(H2,26,27,29). The number of amides is 1. The monoisotopic (exact) mass is 436 g/mol. The third-order valence-corrected chi connectivity index (χ3v) is 5.79. The van der Waals surface area contributed by atoms with Gasteiger partial charge in [-0.2, -0.15) is 0 Å². The minimum atomic E-state index is -0.341. The average molecular weight is 437 g/mol. The summed E-state index contributed by atoms with van der Waals surface area (Å²) >= 11 is 0. The van der Waals surface area contributed by atoms with Crippen molar-refractivity contribution >= 4 is 17.6 Å². The summed E-state index contributed by atoms with van der Waals surface area (Å²) < 4.78 is 11.6. The third kappa shape index (κ3) is 5.40. The first-order valence-corrected chi connectivity index (χ1v) is 11.2. The van der Waals surface area contributed by atoms with Crippen LogP contribution in [0.2, 0.25) is 0 Å². The van der Waals surface area contributed by atoms with Gasteiger partial charge in [0.05, 0.1) is 6.04 Å². The van der Waals surface area contributed by atoms with Crippen LogP contribution in [0.15, 0.2) is 53.5 Å². The largest absolute Gasteiger partial charge is 0.487 e. The van der Waals surface area contributed by atoms with Gasteiger partial charge < -0.3 is 25.4 Å². The number of fused-ring (bicyclic) bond motifs is 1. The molecule has 0 saturated carbocycles. The van der Waals surface area contributed by atoms with Gasteiger partial charge in [-0.25, -0.2) is 0 Å². The first-order chi connectivity index (χ1) is 15.4. The SMILES string of the molecule is CN=C(NCc1cccc(NC(=O)C2CCCO2)c1)NC1CC(C)(C)Oc2ccccc21. The third-order valence-electron chi connectivity index (χ3n) is 5.79. The van der Waals surface area contributed by atoms with E-state index in [1.54, 1.807) is 7.05 Å². The van der Waals surface area contributed by atoms with Crippen molar-refractivity contribution in [2.75, 3.05) is 19.0 Å². The molecular weight excluding hydrogens is 404 g/mol. The van der Waals surface area contributed by atoms with E-state index in [1.807, 2.05) is 42.5 Å². The van der Waals surface area contributed by atoms with E-state index in [4.69, 9.17) is 9.47 Å². The fourth-order valence-corrected chi connectivity index (χ4v) is 4.24. The minimum Gasteiger partial charge on any atom is -0.487 e. The number of ether oxygens (including phenoxy) is 2. The smallest absolute Gasteiger partial charge is 0.253 e.